The molecule has 2 aromatic heterocycles. The minimum Gasteiger partial charge on any atom is -0.483 e. The number of rotatable bonds is 9. The number of carbonyl (C=O) groups is 1. The summed E-state index contributed by atoms with van der Waals surface area (Å²) in [4.78, 5) is 16.2. The minimum absolute atomic E-state index is 0.0895. The molecule has 9 heteroatoms. The number of amides is 1. The Labute approximate surface area is 191 Å². The van der Waals surface area contributed by atoms with Gasteiger partial charge in [-0.15, -0.1) is 28.1 Å². The Kier molecular flexibility index (Phi) is 7.50. The van der Waals surface area contributed by atoms with Crippen molar-refractivity contribution in [1.82, 2.24) is 19.7 Å². The van der Waals surface area contributed by atoms with E-state index in [1.165, 1.54) is 28.7 Å². The van der Waals surface area contributed by atoms with E-state index >= 15 is 0 Å². The first-order valence-electron chi connectivity index (χ1n) is 9.91. The fourth-order valence-corrected chi connectivity index (χ4v) is 4.17. The van der Waals surface area contributed by atoms with Crippen molar-refractivity contribution in [3.63, 3.8) is 0 Å². The molecule has 2 heterocycles. The molecule has 0 aliphatic rings. The minimum atomic E-state index is -0.313. The van der Waals surface area contributed by atoms with Crippen molar-refractivity contribution in [2.75, 3.05) is 11.1 Å². The summed E-state index contributed by atoms with van der Waals surface area (Å²) in [5.74, 6) is 1.52. The average Bonchev–Trinajstić information content (AvgIpc) is 3.36. The normalized spacial score (nSPS) is 12.4. The highest BCUT2D eigenvalue weighted by Gasteiger charge is 2.20. The van der Waals surface area contributed by atoms with Crippen molar-refractivity contribution < 1.29 is 9.53 Å². The number of allylic oxidation sites excluding steroid dienone is 1. The third-order valence-corrected chi connectivity index (χ3v) is 6.12. The maximum Gasteiger partial charge on any atom is 0.236 e. The van der Waals surface area contributed by atoms with Gasteiger partial charge < -0.3 is 10.1 Å². The van der Waals surface area contributed by atoms with E-state index in [0.29, 0.717) is 22.7 Å². The van der Waals surface area contributed by atoms with Crippen LogP contribution in [0.3, 0.4) is 0 Å². The van der Waals surface area contributed by atoms with Crippen LogP contribution < -0.4 is 10.1 Å². The van der Waals surface area contributed by atoms with Crippen LogP contribution in [0.4, 0.5) is 5.13 Å². The van der Waals surface area contributed by atoms with Crippen molar-refractivity contribution >= 4 is 34.1 Å². The van der Waals surface area contributed by atoms with Gasteiger partial charge >= 0.3 is 0 Å². The number of carbonyl (C=O) groups excluding carboxylic acids is 1. The van der Waals surface area contributed by atoms with Gasteiger partial charge in [-0.3, -0.25) is 9.36 Å². The van der Waals surface area contributed by atoms with Gasteiger partial charge in [-0.25, -0.2) is 4.98 Å². The van der Waals surface area contributed by atoms with Crippen molar-refractivity contribution in [2.24, 2.45) is 0 Å². The van der Waals surface area contributed by atoms with Crippen LogP contribution in [0.15, 0.2) is 53.7 Å². The third kappa shape index (κ3) is 6.18. The first-order valence-corrected chi connectivity index (χ1v) is 11.8. The van der Waals surface area contributed by atoms with Crippen LogP contribution in [0.5, 0.6) is 5.75 Å². The number of hydrogen-bond acceptors (Lipinski definition) is 7. The molecule has 164 valence electrons. The fraction of sp³-hybridized carbons (Fsp3) is 0.364. The van der Waals surface area contributed by atoms with E-state index in [0.717, 1.165) is 5.75 Å². The summed E-state index contributed by atoms with van der Waals surface area (Å²) in [6.45, 7) is 12.8. The second kappa shape index (κ2) is 10.1. The predicted octanol–water partition coefficient (Wildman–Crippen LogP) is 5.09. The molecule has 0 aliphatic heterocycles. The molecule has 1 unspecified atom stereocenters. The van der Waals surface area contributed by atoms with Crippen LogP contribution in [-0.2, 0) is 16.8 Å². The van der Waals surface area contributed by atoms with Crippen molar-refractivity contribution in [2.45, 2.75) is 50.9 Å². The molecule has 0 bridgehead atoms. The number of hydrogen-bond donors (Lipinski definition) is 1. The maximum atomic E-state index is 12.2. The van der Waals surface area contributed by atoms with E-state index in [1.807, 2.05) is 29.0 Å². The van der Waals surface area contributed by atoms with E-state index < -0.39 is 0 Å². The molecule has 31 heavy (non-hydrogen) atoms. The first-order chi connectivity index (χ1) is 14.8. The van der Waals surface area contributed by atoms with Gasteiger partial charge in [0.15, 0.2) is 22.2 Å². The molecule has 1 atom stereocenters. The highest BCUT2D eigenvalue weighted by Crippen LogP contribution is 2.28. The van der Waals surface area contributed by atoms with Gasteiger partial charge in [-0.2, -0.15) is 0 Å². The molecule has 0 aliphatic carbocycles. The Hall–Kier alpha value is -2.65. The monoisotopic (exact) mass is 457 g/mol. The van der Waals surface area contributed by atoms with Crippen LogP contribution in [0.1, 0.15) is 45.2 Å². The molecule has 0 spiro atoms. The Balaban J connectivity index is 1.67. The standard InChI is InChI=1S/C22H27N5O2S2/c1-6-12-27-19(15(2)29-17-9-7-16(8-10-17)22(3,4)5)25-26-21(27)31-14-18(28)24-20-23-11-13-30-20/h6-11,13,15H,1,12,14H2,2-5H3,(H,23,24,28). The largest absolute Gasteiger partial charge is 0.483 e. The molecule has 1 aromatic carbocycles. The molecule has 0 saturated heterocycles. The summed E-state index contributed by atoms with van der Waals surface area (Å²) in [7, 11) is 0. The number of benzene rings is 1. The Morgan fingerprint density at radius 3 is 2.68 bits per heavy atom. The van der Waals surface area contributed by atoms with Crippen molar-refractivity contribution in [3.8, 4) is 5.75 Å². The molecule has 3 rings (SSSR count). The Bertz CT molecular complexity index is 1010. The lowest BCUT2D eigenvalue weighted by Gasteiger charge is -2.20. The quantitative estimate of drug-likeness (QED) is 0.356. The number of aromatic nitrogens is 4. The summed E-state index contributed by atoms with van der Waals surface area (Å²) in [6, 6.07) is 8.12. The number of thioether (sulfide) groups is 1. The molecule has 3 aromatic rings. The zero-order valence-corrected chi connectivity index (χ0v) is 19.8. The highest BCUT2D eigenvalue weighted by molar-refractivity contribution is 7.99. The second-order valence-corrected chi connectivity index (χ2v) is 9.79. The first kappa shape index (κ1) is 23.0. The van der Waals surface area contributed by atoms with Crippen LogP contribution in [0.2, 0.25) is 0 Å². The summed E-state index contributed by atoms with van der Waals surface area (Å²) < 4.78 is 8.03. The lowest BCUT2D eigenvalue weighted by molar-refractivity contribution is -0.113. The smallest absolute Gasteiger partial charge is 0.236 e. The van der Waals surface area contributed by atoms with Gasteiger partial charge in [-0.05, 0) is 30.0 Å². The van der Waals surface area contributed by atoms with Crippen LogP contribution in [0, 0.1) is 0 Å². The van der Waals surface area contributed by atoms with Crippen LogP contribution in [-0.4, -0.2) is 31.4 Å². The molecule has 1 amide bonds. The van der Waals surface area contributed by atoms with E-state index in [2.05, 4.69) is 60.0 Å². The predicted molar refractivity (Wildman–Crippen MR) is 126 cm³/mol. The molecule has 0 saturated carbocycles. The average molecular weight is 458 g/mol. The zero-order valence-electron chi connectivity index (χ0n) is 18.2. The topological polar surface area (TPSA) is 81.9 Å². The second-order valence-electron chi connectivity index (χ2n) is 7.95. The number of anilines is 1. The summed E-state index contributed by atoms with van der Waals surface area (Å²) in [5, 5.41) is 14.4. The zero-order chi connectivity index (χ0) is 22.4. The number of nitrogens with zero attached hydrogens (tertiary/aromatic N) is 4. The van der Waals surface area contributed by atoms with Gasteiger partial charge in [0.1, 0.15) is 5.75 Å². The number of nitrogens with one attached hydrogen (secondary N) is 1. The van der Waals surface area contributed by atoms with Gasteiger partial charge in [-0.1, -0.05) is 50.7 Å². The van der Waals surface area contributed by atoms with Gasteiger partial charge in [0.25, 0.3) is 0 Å². The number of thiazole rings is 1. The molecule has 0 radical (unpaired) electrons. The van der Waals surface area contributed by atoms with Gasteiger partial charge in [0.05, 0.1) is 5.75 Å². The molecular weight excluding hydrogens is 430 g/mol. The molecular formula is C22H27N5O2S2. The van der Waals surface area contributed by atoms with Gasteiger partial charge in [0.2, 0.25) is 5.91 Å². The lowest BCUT2D eigenvalue weighted by atomic mass is 9.87. The highest BCUT2D eigenvalue weighted by atomic mass is 32.2. The van der Waals surface area contributed by atoms with Crippen molar-refractivity contribution in [1.29, 1.82) is 0 Å². The van der Waals surface area contributed by atoms with Gasteiger partial charge in [0, 0.05) is 18.1 Å². The third-order valence-electron chi connectivity index (χ3n) is 4.46. The van der Waals surface area contributed by atoms with Crippen LogP contribution in [0.25, 0.3) is 0 Å². The van der Waals surface area contributed by atoms with E-state index in [9.17, 15) is 4.79 Å². The summed E-state index contributed by atoms with van der Waals surface area (Å²) >= 11 is 2.70. The Morgan fingerprint density at radius 2 is 2.06 bits per heavy atom. The van der Waals surface area contributed by atoms with Crippen LogP contribution >= 0.6 is 23.1 Å². The molecule has 1 N–H and O–H groups in total. The summed E-state index contributed by atoms with van der Waals surface area (Å²) in [5.41, 5.74) is 1.34. The maximum absolute atomic E-state index is 12.2. The lowest BCUT2D eigenvalue weighted by Crippen LogP contribution is -2.15. The van der Waals surface area contributed by atoms with E-state index in [4.69, 9.17) is 4.74 Å². The molecule has 0 fully saturated rings. The fourth-order valence-electron chi connectivity index (χ4n) is 2.87. The SMILES string of the molecule is C=CCn1c(SCC(=O)Nc2nccs2)nnc1C(C)Oc1ccc(C(C)(C)C)cc1. The van der Waals surface area contributed by atoms with Crippen molar-refractivity contribution in [3.05, 3.63) is 59.9 Å². The summed E-state index contributed by atoms with van der Waals surface area (Å²) in [6.07, 6.45) is 3.11. The molecule has 7 nitrogen and oxygen atoms in total. The number of ether oxygens (including phenoxy) is 1. The Morgan fingerprint density at radius 1 is 1.32 bits per heavy atom. The van der Waals surface area contributed by atoms with E-state index in [-0.39, 0.29) is 23.2 Å². The van der Waals surface area contributed by atoms with E-state index in [1.54, 1.807) is 12.3 Å².